The molecule has 4 heteroatoms. The van der Waals surface area contributed by atoms with Crippen LogP contribution in [0.1, 0.15) is 36.3 Å². The van der Waals surface area contributed by atoms with Gasteiger partial charge in [-0.25, -0.2) is 4.39 Å². The number of piperidine rings is 1. The fraction of sp³-hybridized carbons (Fsp3) is 0.478. The van der Waals surface area contributed by atoms with Gasteiger partial charge in [-0.2, -0.15) is 0 Å². The third-order valence-corrected chi connectivity index (χ3v) is 5.63. The molecule has 3 nitrogen and oxygen atoms in total. The van der Waals surface area contributed by atoms with Gasteiger partial charge in [-0.15, -0.1) is 0 Å². The van der Waals surface area contributed by atoms with Crippen LogP contribution < -0.4 is 5.32 Å². The molecule has 2 aromatic rings. The van der Waals surface area contributed by atoms with Crippen LogP contribution in [0.5, 0.6) is 0 Å². The van der Waals surface area contributed by atoms with Crippen molar-refractivity contribution >= 4 is 0 Å². The van der Waals surface area contributed by atoms with Crippen molar-refractivity contribution in [2.24, 2.45) is 5.92 Å². The second-order valence-corrected chi connectivity index (χ2v) is 7.63. The zero-order valence-corrected chi connectivity index (χ0v) is 16.0. The summed E-state index contributed by atoms with van der Waals surface area (Å²) in [5, 5.41) is 12.0. The minimum absolute atomic E-state index is 0.130. The topological polar surface area (TPSA) is 35.5 Å². The number of rotatable bonds is 4. The van der Waals surface area contributed by atoms with E-state index in [1.165, 1.54) is 57.5 Å². The SMILES string of the molecule is Fc1ccc(C2CCN(C[C@H]3CCNC3)CC2)cc1.OCc1ccccc1. The molecule has 0 bridgehead atoms. The van der Waals surface area contributed by atoms with Crippen LogP contribution in [0, 0.1) is 11.7 Å². The standard InChI is InChI=1S/C16H23FN2.C7H8O/c17-16-3-1-14(2-4-16)15-6-9-19(10-7-15)12-13-5-8-18-11-13;8-6-7-4-2-1-3-5-7/h1-4,13,15,18H,5-12H2;1-5,8H,6H2/t13-;/m0./s1. The van der Waals surface area contributed by atoms with Crippen LogP contribution in [0.15, 0.2) is 54.6 Å². The van der Waals surface area contributed by atoms with Gasteiger partial charge in [-0.05, 0) is 80.5 Å². The number of likely N-dealkylation sites (tertiary alicyclic amines) is 1. The Kier molecular flexibility index (Phi) is 7.81. The summed E-state index contributed by atoms with van der Waals surface area (Å²) >= 11 is 0. The van der Waals surface area contributed by atoms with Crippen molar-refractivity contribution in [3.8, 4) is 0 Å². The summed E-state index contributed by atoms with van der Waals surface area (Å²) in [5.41, 5.74) is 2.27. The maximum Gasteiger partial charge on any atom is 0.123 e. The fourth-order valence-corrected chi connectivity index (χ4v) is 4.00. The van der Waals surface area contributed by atoms with Crippen LogP contribution >= 0.6 is 0 Å². The molecule has 0 radical (unpaired) electrons. The number of aliphatic hydroxyl groups excluding tert-OH is 1. The van der Waals surface area contributed by atoms with Gasteiger partial charge in [0.05, 0.1) is 6.61 Å². The number of nitrogens with zero attached hydrogens (tertiary/aromatic N) is 1. The molecule has 27 heavy (non-hydrogen) atoms. The first-order valence-corrected chi connectivity index (χ1v) is 10.1. The average molecular weight is 371 g/mol. The zero-order chi connectivity index (χ0) is 18.9. The summed E-state index contributed by atoms with van der Waals surface area (Å²) in [5.74, 6) is 1.34. The minimum Gasteiger partial charge on any atom is -0.392 e. The number of halogens is 1. The van der Waals surface area contributed by atoms with Crippen molar-refractivity contribution in [3.05, 3.63) is 71.5 Å². The van der Waals surface area contributed by atoms with Gasteiger partial charge in [0.15, 0.2) is 0 Å². The Morgan fingerprint density at radius 3 is 2.22 bits per heavy atom. The van der Waals surface area contributed by atoms with Crippen molar-refractivity contribution in [1.29, 1.82) is 0 Å². The van der Waals surface area contributed by atoms with Gasteiger partial charge >= 0.3 is 0 Å². The first-order valence-electron chi connectivity index (χ1n) is 10.1. The molecule has 0 saturated carbocycles. The second kappa shape index (κ2) is 10.5. The van der Waals surface area contributed by atoms with E-state index in [1.54, 1.807) is 12.1 Å². The molecule has 0 aliphatic carbocycles. The lowest BCUT2D eigenvalue weighted by atomic mass is 9.89. The fourth-order valence-electron chi connectivity index (χ4n) is 4.00. The highest BCUT2D eigenvalue weighted by Crippen LogP contribution is 2.28. The highest BCUT2D eigenvalue weighted by molar-refractivity contribution is 5.21. The quantitative estimate of drug-likeness (QED) is 0.859. The molecule has 0 unspecified atom stereocenters. The highest BCUT2D eigenvalue weighted by atomic mass is 19.1. The Morgan fingerprint density at radius 1 is 0.963 bits per heavy atom. The Labute approximate surface area is 162 Å². The molecule has 2 fully saturated rings. The first-order chi connectivity index (χ1) is 13.2. The molecule has 2 heterocycles. The molecule has 2 saturated heterocycles. The molecule has 0 amide bonds. The Bertz CT molecular complexity index is 648. The molecule has 1 atom stereocenters. The second-order valence-electron chi connectivity index (χ2n) is 7.63. The lowest BCUT2D eigenvalue weighted by Gasteiger charge is -2.33. The van der Waals surface area contributed by atoms with Crippen LogP contribution in [0.4, 0.5) is 4.39 Å². The molecule has 2 aromatic carbocycles. The number of hydrogen-bond acceptors (Lipinski definition) is 3. The van der Waals surface area contributed by atoms with Crippen LogP contribution in [0.2, 0.25) is 0 Å². The third-order valence-electron chi connectivity index (χ3n) is 5.63. The van der Waals surface area contributed by atoms with Gasteiger partial charge in [-0.1, -0.05) is 42.5 Å². The largest absolute Gasteiger partial charge is 0.392 e. The first kappa shape index (κ1) is 20.0. The minimum atomic E-state index is -0.130. The third kappa shape index (κ3) is 6.42. The molecular formula is C23H31FN2O. The van der Waals surface area contributed by atoms with E-state index in [0.29, 0.717) is 5.92 Å². The highest BCUT2D eigenvalue weighted by Gasteiger charge is 2.23. The number of nitrogens with one attached hydrogen (secondary N) is 1. The number of aliphatic hydroxyl groups is 1. The van der Waals surface area contributed by atoms with Crippen molar-refractivity contribution in [2.45, 2.75) is 31.8 Å². The molecule has 4 rings (SSSR count). The van der Waals surface area contributed by atoms with E-state index < -0.39 is 0 Å². The van der Waals surface area contributed by atoms with Gasteiger partial charge in [0, 0.05) is 6.54 Å². The number of benzene rings is 2. The van der Waals surface area contributed by atoms with E-state index in [1.807, 2.05) is 42.5 Å². The molecule has 146 valence electrons. The van der Waals surface area contributed by atoms with Crippen LogP contribution in [0.25, 0.3) is 0 Å². The summed E-state index contributed by atoms with van der Waals surface area (Å²) in [6.45, 7) is 6.16. The molecule has 0 aromatic heterocycles. The Hall–Kier alpha value is -1.75. The van der Waals surface area contributed by atoms with Crippen molar-refractivity contribution in [3.63, 3.8) is 0 Å². The molecule has 2 N–H and O–H groups in total. The predicted molar refractivity (Wildman–Crippen MR) is 108 cm³/mol. The van der Waals surface area contributed by atoms with Crippen molar-refractivity contribution in [2.75, 3.05) is 32.7 Å². The summed E-state index contributed by atoms with van der Waals surface area (Å²) in [4.78, 5) is 2.61. The van der Waals surface area contributed by atoms with Gasteiger partial charge in [-0.3, -0.25) is 0 Å². The van der Waals surface area contributed by atoms with E-state index in [-0.39, 0.29) is 12.4 Å². The van der Waals surface area contributed by atoms with Crippen LogP contribution in [0.3, 0.4) is 0 Å². The summed E-state index contributed by atoms with van der Waals surface area (Å²) < 4.78 is 12.9. The van der Waals surface area contributed by atoms with Gasteiger partial charge in [0.1, 0.15) is 5.82 Å². The molecule has 2 aliphatic rings. The number of hydrogen-bond donors (Lipinski definition) is 2. The van der Waals surface area contributed by atoms with Crippen LogP contribution in [-0.4, -0.2) is 42.7 Å². The maximum atomic E-state index is 12.9. The van der Waals surface area contributed by atoms with E-state index in [2.05, 4.69) is 10.2 Å². The van der Waals surface area contributed by atoms with E-state index in [4.69, 9.17) is 5.11 Å². The molecular weight excluding hydrogens is 339 g/mol. The van der Waals surface area contributed by atoms with Gasteiger partial charge in [0.25, 0.3) is 0 Å². The predicted octanol–water partition coefficient (Wildman–Crippen LogP) is 3.79. The summed E-state index contributed by atoms with van der Waals surface area (Å²) in [7, 11) is 0. The monoisotopic (exact) mass is 370 g/mol. The van der Waals surface area contributed by atoms with E-state index >= 15 is 0 Å². The van der Waals surface area contributed by atoms with Gasteiger partial charge < -0.3 is 15.3 Å². The Morgan fingerprint density at radius 2 is 1.67 bits per heavy atom. The van der Waals surface area contributed by atoms with Crippen molar-refractivity contribution in [1.82, 2.24) is 10.2 Å². The molecule has 0 spiro atoms. The normalized spacial score (nSPS) is 20.9. The Balaban J connectivity index is 0.000000221. The zero-order valence-electron chi connectivity index (χ0n) is 16.0. The smallest absolute Gasteiger partial charge is 0.123 e. The summed E-state index contributed by atoms with van der Waals surface area (Å²) in [6.07, 6.45) is 3.76. The van der Waals surface area contributed by atoms with Crippen LogP contribution in [-0.2, 0) is 6.61 Å². The molecule has 2 aliphatic heterocycles. The average Bonchev–Trinajstić information content (AvgIpc) is 3.23. The van der Waals surface area contributed by atoms with E-state index in [0.717, 1.165) is 11.5 Å². The maximum absolute atomic E-state index is 12.9. The van der Waals surface area contributed by atoms with E-state index in [9.17, 15) is 4.39 Å². The lowest BCUT2D eigenvalue weighted by Crippen LogP contribution is -2.37. The van der Waals surface area contributed by atoms with Crippen molar-refractivity contribution < 1.29 is 9.50 Å². The lowest BCUT2D eigenvalue weighted by molar-refractivity contribution is 0.187. The summed E-state index contributed by atoms with van der Waals surface area (Å²) in [6, 6.07) is 16.6. The van der Waals surface area contributed by atoms with Gasteiger partial charge in [0.2, 0.25) is 0 Å².